The van der Waals surface area contributed by atoms with Gasteiger partial charge in [0.1, 0.15) is 12.5 Å². The Morgan fingerprint density at radius 2 is 1.47 bits per heavy atom. The third kappa shape index (κ3) is 3.57. The van der Waals surface area contributed by atoms with E-state index in [4.69, 9.17) is 9.84 Å². The first kappa shape index (κ1) is 23.0. The van der Waals surface area contributed by atoms with Gasteiger partial charge in [-0.2, -0.15) is 0 Å². The molecule has 2 atom stereocenters. The summed E-state index contributed by atoms with van der Waals surface area (Å²) in [6, 6.07) is 7.17. The summed E-state index contributed by atoms with van der Waals surface area (Å²) in [6.45, 7) is 3.12. The number of nitrogens with zero attached hydrogens (tertiary/aromatic N) is 2. The number of ether oxygens (including phenoxy) is 1. The van der Waals surface area contributed by atoms with E-state index in [1.807, 2.05) is 0 Å². The van der Waals surface area contributed by atoms with Crippen molar-refractivity contribution in [3.05, 3.63) is 69.8 Å². The maximum absolute atomic E-state index is 12.9. The molecule has 0 aromatic heterocycles. The smallest absolute Gasteiger partial charge is 0.335 e. The number of hydrogen-bond acceptors (Lipinski definition) is 7. The van der Waals surface area contributed by atoms with E-state index in [1.54, 1.807) is 13.8 Å². The molecular formula is C24H20N2O8. The standard InChI is InChI=1S/C24H20N2O8/c1-3-19(26-21(29)15-6-4-13(10-27)8-17(15)23(26)31)34-11-12(2)25-20(28)16-7-5-14(24(32)33)9-18(16)22(25)30/h4-10,12,19H,3,11H2,1-2H3,(H,32,33). The molecule has 2 aliphatic heterocycles. The van der Waals surface area contributed by atoms with Gasteiger partial charge in [-0.05, 0) is 43.7 Å². The number of carboxylic acids is 1. The van der Waals surface area contributed by atoms with Gasteiger partial charge >= 0.3 is 5.97 Å². The largest absolute Gasteiger partial charge is 0.478 e. The fourth-order valence-corrected chi connectivity index (χ4v) is 4.10. The number of benzene rings is 2. The Morgan fingerprint density at radius 1 is 0.912 bits per heavy atom. The molecule has 1 N–H and O–H groups in total. The van der Waals surface area contributed by atoms with E-state index in [9.17, 15) is 28.8 Å². The average Bonchev–Trinajstić information content (AvgIpc) is 3.23. The predicted octanol–water partition coefficient (Wildman–Crippen LogP) is 2.23. The summed E-state index contributed by atoms with van der Waals surface area (Å²) < 4.78 is 5.81. The van der Waals surface area contributed by atoms with Crippen LogP contribution >= 0.6 is 0 Å². The van der Waals surface area contributed by atoms with Gasteiger partial charge in [0, 0.05) is 5.56 Å². The highest BCUT2D eigenvalue weighted by Crippen LogP contribution is 2.29. The van der Waals surface area contributed by atoms with Crippen molar-refractivity contribution in [2.75, 3.05) is 6.61 Å². The number of rotatable bonds is 8. The van der Waals surface area contributed by atoms with Crippen LogP contribution in [0, 0.1) is 0 Å². The Morgan fingerprint density at radius 3 is 2.09 bits per heavy atom. The highest BCUT2D eigenvalue weighted by molar-refractivity contribution is 6.22. The molecule has 0 aliphatic carbocycles. The van der Waals surface area contributed by atoms with E-state index < -0.39 is 41.9 Å². The van der Waals surface area contributed by atoms with Crippen LogP contribution in [0.15, 0.2) is 36.4 Å². The molecule has 0 radical (unpaired) electrons. The summed E-state index contributed by atoms with van der Waals surface area (Å²) in [4.78, 5) is 75.4. The quantitative estimate of drug-likeness (QED) is 0.464. The van der Waals surface area contributed by atoms with Gasteiger partial charge in [0.25, 0.3) is 23.6 Å². The molecule has 2 aliphatic rings. The second kappa shape index (κ2) is 8.64. The lowest BCUT2D eigenvalue weighted by Crippen LogP contribution is -2.45. The molecule has 2 heterocycles. The number of carbonyl (C=O) groups is 6. The molecule has 0 saturated heterocycles. The van der Waals surface area contributed by atoms with Crippen molar-refractivity contribution in [2.24, 2.45) is 0 Å². The zero-order valence-electron chi connectivity index (χ0n) is 18.3. The number of aldehydes is 1. The Hall–Kier alpha value is -4.18. The number of aromatic carboxylic acids is 1. The van der Waals surface area contributed by atoms with Gasteiger partial charge in [-0.3, -0.25) is 28.9 Å². The first-order chi connectivity index (χ1) is 16.2. The molecule has 0 bridgehead atoms. The van der Waals surface area contributed by atoms with Gasteiger partial charge in [0.05, 0.1) is 40.5 Å². The van der Waals surface area contributed by atoms with E-state index in [0.717, 1.165) is 15.9 Å². The van der Waals surface area contributed by atoms with Gasteiger partial charge < -0.3 is 9.84 Å². The Kier molecular flexibility index (Phi) is 5.84. The highest BCUT2D eigenvalue weighted by Gasteiger charge is 2.42. The first-order valence-corrected chi connectivity index (χ1v) is 10.5. The fourth-order valence-electron chi connectivity index (χ4n) is 4.10. The number of amides is 4. The molecule has 174 valence electrons. The number of carboxylic acid groups (broad SMARTS) is 1. The van der Waals surface area contributed by atoms with E-state index >= 15 is 0 Å². The lowest BCUT2D eigenvalue weighted by Gasteiger charge is -2.29. The molecule has 34 heavy (non-hydrogen) atoms. The molecule has 10 heteroatoms. The maximum Gasteiger partial charge on any atom is 0.335 e. The summed E-state index contributed by atoms with van der Waals surface area (Å²) in [5, 5.41) is 9.15. The third-order valence-corrected chi connectivity index (χ3v) is 5.85. The summed E-state index contributed by atoms with van der Waals surface area (Å²) >= 11 is 0. The SMILES string of the molecule is CCC(OCC(C)N1C(=O)c2ccc(C(=O)O)cc2C1=O)N1C(=O)c2ccc(C=O)cc2C1=O. The Bertz CT molecular complexity index is 1270. The molecule has 2 aromatic carbocycles. The fraction of sp³-hybridized carbons (Fsp3) is 0.250. The van der Waals surface area contributed by atoms with Crippen LogP contribution in [0.25, 0.3) is 0 Å². The van der Waals surface area contributed by atoms with E-state index in [1.165, 1.54) is 30.3 Å². The highest BCUT2D eigenvalue weighted by atomic mass is 16.5. The van der Waals surface area contributed by atoms with Gasteiger partial charge in [0.2, 0.25) is 0 Å². The molecule has 10 nitrogen and oxygen atoms in total. The molecule has 0 saturated carbocycles. The average molecular weight is 464 g/mol. The molecule has 2 unspecified atom stereocenters. The molecule has 4 amide bonds. The number of carbonyl (C=O) groups excluding carboxylic acids is 5. The van der Waals surface area contributed by atoms with Gasteiger partial charge in [-0.25, -0.2) is 9.69 Å². The number of imide groups is 2. The van der Waals surface area contributed by atoms with Crippen molar-refractivity contribution in [2.45, 2.75) is 32.5 Å². The van der Waals surface area contributed by atoms with Crippen LogP contribution in [0.1, 0.15) is 82.4 Å². The van der Waals surface area contributed by atoms with E-state index in [-0.39, 0.29) is 46.4 Å². The second-order valence-electron chi connectivity index (χ2n) is 7.99. The molecule has 0 fully saturated rings. The van der Waals surface area contributed by atoms with E-state index in [0.29, 0.717) is 6.29 Å². The molecule has 4 rings (SSSR count). The second-order valence-corrected chi connectivity index (χ2v) is 7.99. The summed E-state index contributed by atoms with van der Waals surface area (Å²) in [6.07, 6.45) is -0.121. The minimum Gasteiger partial charge on any atom is -0.478 e. The van der Waals surface area contributed by atoms with Crippen molar-refractivity contribution < 1.29 is 38.6 Å². The van der Waals surface area contributed by atoms with Crippen LogP contribution < -0.4 is 0 Å². The predicted molar refractivity (Wildman–Crippen MR) is 116 cm³/mol. The zero-order valence-corrected chi connectivity index (χ0v) is 18.3. The Balaban J connectivity index is 1.49. The minimum absolute atomic E-state index is 0.00452. The van der Waals surface area contributed by atoms with Gasteiger partial charge in [-0.15, -0.1) is 0 Å². The van der Waals surface area contributed by atoms with Crippen LogP contribution in [0.3, 0.4) is 0 Å². The van der Waals surface area contributed by atoms with Crippen molar-refractivity contribution in [3.63, 3.8) is 0 Å². The third-order valence-electron chi connectivity index (χ3n) is 5.85. The van der Waals surface area contributed by atoms with Crippen molar-refractivity contribution in [3.8, 4) is 0 Å². The van der Waals surface area contributed by atoms with Gasteiger partial charge in [-0.1, -0.05) is 13.0 Å². The summed E-state index contributed by atoms with van der Waals surface area (Å²) in [7, 11) is 0. The molecular weight excluding hydrogens is 444 g/mol. The van der Waals surface area contributed by atoms with Crippen LogP contribution in [-0.2, 0) is 4.74 Å². The van der Waals surface area contributed by atoms with Crippen LogP contribution in [0.2, 0.25) is 0 Å². The lowest BCUT2D eigenvalue weighted by molar-refractivity contribution is -0.0473. The van der Waals surface area contributed by atoms with Crippen molar-refractivity contribution in [1.82, 2.24) is 9.80 Å². The lowest BCUT2D eigenvalue weighted by atomic mass is 10.1. The maximum atomic E-state index is 12.9. The topological polar surface area (TPSA) is 138 Å². The van der Waals surface area contributed by atoms with Crippen LogP contribution in [0.4, 0.5) is 0 Å². The number of hydrogen-bond donors (Lipinski definition) is 1. The van der Waals surface area contributed by atoms with Crippen LogP contribution in [0.5, 0.6) is 0 Å². The van der Waals surface area contributed by atoms with E-state index in [2.05, 4.69) is 0 Å². The first-order valence-electron chi connectivity index (χ1n) is 10.5. The summed E-state index contributed by atoms with van der Waals surface area (Å²) in [5.41, 5.74) is 0.524. The van der Waals surface area contributed by atoms with Crippen LogP contribution in [-0.4, -0.2) is 69.7 Å². The van der Waals surface area contributed by atoms with Crippen molar-refractivity contribution in [1.29, 1.82) is 0 Å². The Labute approximate surface area is 193 Å². The van der Waals surface area contributed by atoms with Crippen molar-refractivity contribution >= 4 is 35.9 Å². The number of fused-ring (bicyclic) bond motifs is 2. The zero-order chi connectivity index (χ0) is 24.7. The normalized spacial score (nSPS) is 16.5. The monoisotopic (exact) mass is 464 g/mol. The minimum atomic E-state index is -1.22. The molecule has 0 spiro atoms. The van der Waals surface area contributed by atoms with Gasteiger partial charge in [0.15, 0.2) is 0 Å². The molecule has 2 aromatic rings. The summed E-state index contributed by atoms with van der Waals surface area (Å²) in [5.74, 6) is -3.59.